The minimum atomic E-state index is -0.793. The molecular formula is C12H22N2O5. The van der Waals surface area contributed by atoms with Gasteiger partial charge in [0.15, 0.2) is 0 Å². The van der Waals surface area contributed by atoms with Crippen molar-refractivity contribution in [3.05, 3.63) is 0 Å². The third-order valence-corrected chi connectivity index (χ3v) is 3.32. The number of ether oxygens (including phenoxy) is 1. The molecule has 7 heteroatoms. The molecule has 110 valence electrons. The van der Waals surface area contributed by atoms with Gasteiger partial charge in [-0.05, 0) is 12.8 Å². The monoisotopic (exact) mass is 274 g/mol. The van der Waals surface area contributed by atoms with Gasteiger partial charge >= 0.3 is 12.0 Å². The average Bonchev–Trinajstić information content (AvgIpc) is 2.42. The first kappa shape index (κ1) is 15.7. The number of piperidine rings is 1. The van der Waals surface area contributed by atoms with E-state index in [9.17, 15) is 9.59 Å². The maximum Gasteiger partial charge on any atom is 0.320 e. The standard InChI is InChI=1S/C12H22N2O5/c1-19-9-7-14(6-8-15)12(18)13-4-2-10(3-5-13)11(16)17/h10,15H,2-9H2,1H3,(H,16,17). The first-order valence-corrected chi connectivity index (χ1v) is 6.46. The number of carboxylic acid groups (broad SMARTS) is 1. The average molecular weight is 274 g/mol. The molecule has 1 aliphatic heterocycles. The van der Waals surface area contributed by atoms with E-state index >= 15 is 0 Å². The molecule has 7 nitrogen and oxygen atoms in total. The Bertz CT molecular complexity index is 302. The first-order valence-electron chi connectivity index (χ1n) is 6.46. The lowest BCUT2D eigenvalue weighted by molar-refractivity contribution is -0.143. The number of methoxy groups -OCH3 is 1. The Morgan fingerprint density at radius 2 is 1.95 bits per heavy atom. The lowest BCUT2D eigenvalue weighted by atomic mass is 9.97. The van der Waals surface area contributed by atoms with E-state index in [1.807, 2.05) is 0 Å². The molecule has 2 amide bonds. The molecule has 0 unspecified atom stereocenters. The van der Waals surface area contributed by atoms with Crippen molar-refractivity contribution in [3.8, 4) is 0 Å². The van der Waals surface area contributed by atoms with Gasteiger partial charge in [0.25, 0.3) is 0 Å². The number of carboxylic acids is 1. The summed E-state index contributed by atoms with van der Waals surface area (Å²) in [6.07, 6.45) is 0.969. The first-order chi connectivity index (χ1) is 9.10. The number of hydrogen-bond donors (Lipinski definition) is 2. The van der Waals surface area contributed by atoms with Gasteiger partial charge in [-0.2, -0.15) is 0 Å². The van der Waals surface area contributed by atoms with Gasteiger partial charge in [-0.25, -0.2) is 4.79 Å². The molecule has 0 spiro atoms. The normalized spacial score (nSPS) is 16.4. The van der Waals surface area contributed by atoms with Crippen LogP contribution in [0.4, 0.5) is 4.79 Å². The zero-order chi connectivity index (χ0) is 14.3. The third kappa shape index (κ3) is 4.68. The van der Waals surface area contributed by atoms with Gasteiger partial charge < -0.3 is 24.7 Å². The number of likely N-dealkylation sites (tertiary alicyclic amines) is 1. The van der Waals surface area contributed by atoms with Gasteiger partial charge in [0.1, 0.15) is 0 Å². The highest BCUT2D eigenvalue weighted by Gasteiger charge is 2.29. The number of carbonyl (C=O) groups is 2. The Morgan fingerprint density at radius 1 is 1.32 bits per heavy atom. The van der Waals surface area contributed by atoms with Crippen molar-refractivity contribution in [2.75, 3.05) is 46.5 Å². The van der Waals surface area contributed by atoms with E-state index in [0.717, 1.165) is 0 Å². The lowest BCUT2D eigenvalue weighted by Crippen LogP contribution is -2.49. The molecule has 0 bridgehead atoms. The Labute approximate surface area is 112 Å². The van der Waals surface area contributed by atoms with Crippen molar-refractivity contribution in [1.29, 1.82) is 0 Å². The van der Waals surface area contributed by atoms with E-state index in [1.54, 1.807) is 12.0 Å². The SMILES string of the molecule is COCCN(CCO)C(=O)N1CCC(C(=O)O)CC1. The molecule has 0 aliphatic carbocycles. The van der Waals surface area contributed by atoms with Crippen LogP contribution in [0.3, 0.4) is 0 Å². The van der Waals surface area contributed by atoms with E-state index in [4.69, 9.17) is 14.9 Å². The summed E-state index contributed by atoms with van der Waals surface area (Å²) in [5.41, 5.74) is 0. The highest BCUT2D eigenvalue weighted by Crippen LogP contribution is 2.18. The highest BCUT2D eigenvalue weighted by molar-refractivity contribution is 5.75. The van der Waals surface area contributed by atoms with Crippen molar-refractivity contribution in [3.63, 3.8) is 0 Å². The molecule has 1 saturated heterocycles. The number of hydrogen-bond acceptors (Lipinski definition) is 4. The minimum Gasteiger partial charge on any atom is -0.481 e. The fourth-order valence-corrected chi connectivity index (χ4v) is 2.14. The van der Waals surface area contributed by atoms with Crippen LogP contribution in [0.15, 0.2) is 0 Å². The molecule has 2 N–H and O–H groups in total. The summed E-state index contributed by atoms with van der Waals surface area (Å²) < 4.78 is 4.93. The van der Waals surface area contributed by atoms with Crippen LogP contribution >= 0.6 is 0 Å². The number of rotatable bonds is 6. The fraction of sp³-hybridized carbons (Fsp3) is 0.833. The molecule has 0 atom stereocenters. The summed E-state index contributed by atoms with van der Waals surface area (Å²) in [4.78, 5) is 26.2. The number of aliphatic hydroxyl groups is 1. The van der Waals surface area contributed by atoms with Crippen molar-refractivity contribution in [2.45, 2.75) is 12.8 Å². The van der Waals surface area contributed by atoms with Gasteiger partial charge in [0, 0.05) is 33.3 Å². The molecular weight excluding hydrogens is 252 g/mol. The van der Waals surface area contributed by atoms with E-state index in [0.29, 0.717) is 39.1 Å². The number of aliphatic carboxylic acids is 1. The second-order valence-electron chi connectivity index (χ2n) is 4.59. The Hall–Kier alpha value is -1.34. The van der Waals surface area contributed by atoms with Crippen LogP contribution in [-0.2, 0) is 9.53 Å². The van der Waals surface area contributed by atoms with Crippen molar-refractivity contribution >= 4 is 12.0 Å². The Kier molecular flexibility index (Phi) is 6.58. The van der Waals surface area contributed by atoms with Crippen LogP contribution in [0.5, 0.6) is 0 Å². The molecule has 0 aromatic rings. The molecule has 1 fully saturated rings. The molecule has 1 aliphatic rings. The quantitative estimate of drug-likeness (QED) is 0.702. The van der Waals surface area contributed by atoms with Gasteiger partial charge in [-0.3, -0.25) is 4.79 Å². The highest BCUT2D eigenvalue weighted by atomic mass is 16.5. The molecule has 0 aromatic heterocycles. The number of carbonyl (C=O) groups excluding carboxylic acids is 1. The number of aliphatic hydroxyl groups excluding tert-OH is 1. The van der Waals surface area contributed by atoms with Crippen LogP contribution in [-0.4, -0.2) is 78.5 Å². The summed E-state index contributed by atoms with van der Waals surface area (Å²) in [5, 5.41) is 17.9. The summed E-state index contributed by atoms with van der Waals surface area (Å²) >= 11 is 0. The summed E-state index contributed by atoms with van der Waals surface area (Å²) in [5.74, 6) is -1.15. The maximum atomic E-state index is 12.2. The van der Waals surface area contributed by atoms with E-state index < -0.39 is 5.97 Å². The molecule has 0 aromatic carbocycles. The Morgan fingerprint density at radius 3 is 2.42 bits per heavy atom. The maximum absolute atomic E-state index is 12.2. The molecule has 1 rings (SSSR count). The predicted octanol–water partition coefficient (Wildman–Crippen LogP) is -0.156. The topological polar surface area (TPSA) is 90.3 Å². The van der Waals surface area contributed by atoms with Crippen LogP contribution in [0.2, 0.25) is 0 Å². The van der Waals surface area contributed by atoms with E-state index in [1.165, 1.54) is 4.90 Å². The second-order valence-corrected chi connectivity index (χ2v) is 4.59. The largest absolute Gasteiger partial charge is 0.481 e. The number of amides is 2. The smallest absolute Gasteiger partial charge is 0.320 e. The molecule has 0 radical (unpaired) electrons. The predicted molar refractivity (Wildman–Crippen MR) is 67.9 cm³/mol. The summed E-state index contributed by atoms with van der Waals surface area (Å²) in [6, 6.07) is -0.157. The van der Waals surface area contributed by atoms with Crippen LogP contribution in [0.1, 0.15) is 12.8 Å². The minimum absolute atomic E-state index is 0.0962. The van der Waals surface area contributed by atoms with Gasteiger partial charge in [-0.1, -0.05) is 0 Å². The van der Waals surface area contributed by atoms with Crippen LogP contribution in [0.25, 0.3) is 0 Å². The number of nitrogens with zero attached hydrogens (tertiary/aromatic N) is 2. The number of urea groups is 1. The molecule has 19 heavy (non-hydrogen) atoms. The van der Waals surface area contributed by atoms with Crippen molar-refractivity contribution < 1.29 is 24.5 Å². The van der Waals surface area contributed by atoms with E-state index in [2.05, 4.69) is 0 Å². The van der Waals surface area contributed by atoms with Crippen molar-refractivity contribution in [2.24, 2.45) is 5.92 Å². The van der Waals surface area contributed by atoms with Crippen LogP contribution in [0, 0.1) is 5.92 Å². The fourth-order valence-electron chi connectivity index (χ4n) is 2.14. The van der Waals surface area contributed by atoms with Gasteiger partial charge in [0.2, 0.25) is 0 Å². The summed E-state index contributed by atoms with van der Waals surface area (Å²) in [7, 11) is 1.56. The lowest BCUT2D eigenvalue weighted by Gasteiger charge is -2.34. The Balaban J connectivity index is 2.48. The molecule has 1 heterocycles. The molecule has 0 saturated carbocycles. The summed E-state index contributed by atoms with van der Waals surface area (Å²) in [6.45, 7) is 1.91. The zero-order valence-corrected chi connectivity index (χ0v) is 11.2. The zero-order valence-electron chi connectivity index (χ0n) is 11.2. The van der Waals surface area contributed by atoms with E-state index in [-0.39, 0.29) is 25.1 Å². The van der Waals surface area contributed by atoms with Gasteiger partial charge in [0.05, 0.1) is 19.1 Å². The van der Waals surface area contributed by atoms with Crippen LogP contribution < -0.4 is 0 Å². The third-order valence-electron chi connectivity index (χ3n) is 3.32. The van der Waals surface area contributed by atoms with Crippen molar-refractivity contribution in [1.82, 2.24) is 9.80 Å². The van der Waals surface area contributed by atoms with Gasteiger partial charge in [-0.15, -0.1) is 0 Å². The second kappa shape index (κ2) is 7.96.